The summed E-state index contributed by atoms with van der Waals surface area (Å²) in [6, 6.07) is 18.4. The third-order valence-electron chi connectivity index (χ3n) is 12.5. The van der Waals surface area contributed by atoms with Crippen molar-refractivity contribution in [3.63, 3.8) is 0 Å². The molecule has 0 spiro atoms. The van der Waals surface area contributed by atoms with Crippen LogP contribution in [-0.2, 0) is 0 Å². The van der Waals surface area contributed by atoms with Crippen LogP contribution in [0.3, 0.4) is 0 Å². The highest BCUT2D eigenvalue weighted by molar-refractivity contribution is 8.76. The molecule has 2 unspecified atom stereocenters. The van der Waals surface area contributed by atoms with Gasteiger partial charge in [-0.1, -0.05) is 48.3 Å². The van der Waals surface area contributed by atoms with Gasteiger partial charge in [-0.2, -0.15) is 0 Å². The number of methoxy groups -OCH3 is 2. The third kappa shape index (κ3) is 5.99. The minimum atomic E-state index is 0.317. The molecule has 254 valence electrons. The molecule has 6 aliphatic rings. The van der Waals surface area contributed by atoms with Crippen molar-refractivity contribution < 1.29 is 9.47 Å². The standard InChI is InChI=1S/C40H50N4O2S2/c1-5-25-23-43-17-13-27(25)19-37(43)39(31-11-15-41-35-9-7-29(45-3)21-33(31)35)47-48-40(38-20-28-14-18-44(38)24-26(28)6-2)32-12-16-42-36-10-8-30(46-4)22-34(32)36/h7-12,15-16,21-22,25-28,37-40H,5-6,13-14,17-20,23-24H2,1-4H3/t25-,26-,27-,28-,37+,38+,39-,40-/m0/s1. The van der Waals surface area contributed by atoms with Crippen molar-refractivity contribution in [3.05, 3.63) is 72.1 Å². The first-order valence-electron chi connectivity index (χ1n) is 18.2. The average Bonchev–Trinajstić information content (AvgIpc) is 3.16. The highest BCUT2D eigenvalue weighted by Crippen LogP contribution is 2.57. The fourth-order valence-corrected chi connectivity index (χ4v) is 13.5. The topological polar surface area (TPSA) is 50.7 Å². The lowest BCUT2D eigenvalue weighted by molar-refractivity contribution is -0.00122. The number of piperidine rings is 6. The Morgan fingerprint density at radius 2 is 1.15 bits per heavy atom. The van der Waals surface area contributed by atoms with Gasteiger partial charge in [-0.15, -0.1) is 0 Å². The molecule has 0 amide bonds. The summed E-state index contributed by atoms with van der Waals surface area (Å²) in [6.07, 6.45) is 11.9. The van der Waals surface area contributed by atoms with Crippen molar-refractivity contribution in [3.8, 4) is 11.5 Å². The van der Waals surface area contributed by atoms with Crippen LogP contribution in [0.25, 0.3) is 21.8 Å². The summed E-state index contributed by atoms with van der Waals surface area (Å²) in [5.41, 5.74) is 4.91. The smallest absolute Gasteiger partial charge is 0.119 e. The molecule has 6 saturated heterocycles. The van der Waals surface area contributed by atoms with Gasteiger partial charge in [0.05, 0.1) is 35.8 Å². The number of nitrogens with zero attached hydrogens (tertiary/aromatic N) is 4. The van der Waals surface area contributed by atoms with Gasteiger partial charge in [0.25, 0.3) is 0 Å². The Kier molecular flexibility index (Phi) is 9.53. The van der Waals surface area contributed by atoms with Crippen LogP contribution in [0.5, 0.6) is 11.5 Å². The summed E-state index contributed by atoms with van der Waals surface area (Å²) in [4.78, 5) is 15.3. The summed E-state index contributed by atoms with van der Waals surface area (Å²) >= 11 is 0. The molecule has 8 heterocycles. The molecule has 4 bridgehead atoms. The van der Waals surface area contributed by atoms with Gasteiger partial charge in [0.15, 0.2) is 0 Å². The zero-order valence-corrected chi connectivity index (χ0v) is 30.5. The number of fused-ring (bicyclic) bond motifs is 8. The van der Waals surface area contributed by atoms with Crippen LogP contribution < -0.4 is 9.47 Å². The number of aromatic nitrogens is 2. The van der Waals surface area contributed by atoms with Gasteiger partial charge in [-0.3, -0.25) is 19.8 Å². The number of hydrogen-bond donors (Lipinski definition) is 0. The number of benzene rings is 2. The van der Waals surface area contributed by atoms with Crippen LogP contribution in [-0.4, -0.2) is 72.3 Å². The Bertz CT molecular complexity index is 1630. The molecule has 0 saturated carbocycles. The molecule has 2 aromatic heterocycles. The van der Waals surface area contributed by atoms with E-state index in [0.29, 0.717) is 22.6 Å². The number of rotatable bonds is 11. The molecular weight excluding hydrogens is 633 g/mol. The van der Waals surface area contributed by atoms with Crippen molar-refractivity contribution in [2.75, 3.05) is 40.4 Å². The molecule has 6 nitrogen and oxygen atoms in total. The molecule has 10 rings (SSSR count). The molecule has 0 N–H and O–H groups in total. The van der Waals surface area contributed by atoms with Gasteiger partial charge in [-0.25, -0.2) is 0 Å². The molecular formula is C40H50N4O2S2. The van der Waals surface area contributed by atoms with Gasteiger partial charge in [-0.05, 0) is 122 Å². The summed E-state index contributed by atoms with van der Waals surface area (Å²) in [5.74, 6) is 5.09. The number of ether oxygens (including phenoxy) is 2. The Balaban J connectivity index is 1.21. The van der Waals surface area contributed by atoms with Crippen molar-refractivity contribution in [2.45, 2.75) is 75.0 Å². The highest BCUT2D eigenvalue weighted by atomic mass is 33.1. The predicted molar refractivity (Wildman–Crippen MR) is 201 cm³/mol. The van der Waals surface area contributed by atoms with Gasteiger partial charge < -0.3 is 9.47 Å². The maximum absolute atomic E-state index is 5.75. The predicted octanol–water partition coefficient (Wildman–Crippen LogP) is 9.20. The fraction of sp³-hybridized carbons (Fsp3) is 0.550. The third-order valence-corrected chi connectivity index (χ3v) is 15.7. The maximum Gasteiger partial charge on any atom is 0.119 e. The number of hydrogen-bond acceptors (Lipinski definition) is 8. The van der Waals surface area contributed by atoms with E-state index in [4.69, 9.17) is 19.4 Å². The van der Waals surface area contributed by atoms with E-state index in [1.807, 2.05) is 24.5 Å². The van der Waals surface area contributed by atoms with E-state index in [2.05, 4.69) is 81.6 Å². The van der Waals surface area contributed by atoms with Crippen LogP contribution >= 0.6 is 21.6 Å². The molecule has 0 radical (unpaired) electrons. The molecule has 4 aromatic rings. The van der Waals surface area contributed by atoms with Gasteiger partial charge in [0, 0.05) is 48.3 Å². The normalized spacial score (nSPS) is 30.8. The molecule has 6 aliphatic heterocycles. The van der Waals surface area contributed by atoms with Crippen LogP contribution in [0, 0.1) is 23.7 Å². The largest absolute Gasteiger partial charge is 0.497 e. The first-order valence-corrected chi connectivity index (χ1v) is 20.5. The van der Waals surface area contributed by atoms with Crippen LogP contribution in [0.1, 0.15) is 74.0 Å². The Hall–Kier alpha value is -2.52. The zero-order valence-electron chi connectivity index (χ0n) is 28.9. The lowest BCUT2D eigenvalue weighted by Crippen LogP contribution is -2.55. The summed E-state index contributed by atoms with van der Waals surface area (Å²) in [5, 5.41) is 3.09. The van der Waals surface area contributed by atoms with E-state index in [0.717, 1.165) is 46.2 Å². The molecule has 6 fully saturated rings. The first-order chi connectivity index (χ1) is 23.6. The minimum absolute atomic E-state index is 0.317. The highest BCUT2D eigenvalue weighted by Gasteiger charge is 2.46. The van der Waals surface area contributed by atoms with Crippen LogP contribution in [0.2, 0.25) is 0 Å². The van der Waals surface area contributed by atoms with E-state index in [1.54, 1.807) is 14.2 Å². The molecule has 8 heteroatoms. The lowest BCUT2D eigenvalue weighted by atomic mass is 9.73. The summed E-state index contributed by atoms with van der Waals surface area (Å²) in [6.45, 7) is 9.68. The lowest BCUT2D eigenvalue weighted by Gasteiger charge is -2.53. The Labute approximate surface area is 294 Å². The Morgan fingerprint density at radius 1 is 0.688 bits per heavy atom. The SMILES string of the molecule is CC[C@H]1CN2CC[C@H]1C[C@@H]2[C@@H](SS[C@@H](c1ccnc2ccc(OC)cc12)[C@H]1C[C@@H]2CCN1C[C@@H]2CC)c1ccnc2ccc(OC)cc12. The second-order valence-corrected chi connectivity index (χ2v) is 17.2. The van der Waals surface area contributed by atoms with E-state index in [1.165, 1.54) is 86.6 Å². The van der Waals surface area contributed by atoms with E-state index < -0.39 is 0 Å². The fourth-order valence-electron chi connectivity index (χ4n) is 9.72. The van der Waals surface area contributed by atoms with E-state index in [-0.39, 0.29) is 0 Å². The second kappa shape index (κ2) is 14.0. The molecule has 2 aromatic carbocycles. The van der Waals surface area contributed by atoms with Gasteiger partial charge in [0.1, 0.15) is 11.5 Å². The average molecular weight is 683 g/mol. The first kappa shape index (κ1) is 32.7. The van der Waals surface area contributed by atoms with Crippen LogP contribution in [0.4, 0.5) is 0 Å². The van der Waals surface area contributed by atoms with Gasteiger partial charge >= 0.3 is 0 Å². The summed E-state index contributed by atoms with van der Waals surface area (Å²) in [7, 11) is 7.81. The van der Waals surface area contributed by atoms with Crippen LogP contribution in [0.15, 0.2) is 60.9 Å². The number of pyridine rings is 2. The van der Waals surface area contributed by atoms with Crippen molar-refractivity contribution in [1.82, 2.24) is 19.8 Å². The van der Waals surface area contributed by atoms with E-state index in [9.17, 15) is 0 Å². The molecule has 0 aliphatic carbocycles. The maximum atomic E-state index is 5.75. The van der Waals surface area contributed by atoms with Crippen molar-refractivity contribution in [1.29, 1.82) is 0 Å². The van der Waals surface area contributed by atoms with Gasteiger partial charge in [0.2, 0.25) is 0 Å². The van der Waals surface area contributed by atoms with Crippen molar-refractivity contribution >= 4 is 43.4 Å². The summed E-state index contributed by atoms with van der Waals surface area (Å²) < 4.78 is 11.5. The second-order valence-electron chi connectivity index (χ2n) is 14.6. The Morgan fingerprint density at radius 3 is 1.52 bits per heavy atom. The molecule has 48 heavy (non-hydrogen) atoms. The van der Waals surface area contributed by atoms with E-state index >= 15 is 0 Å². The quantitative estimate of drug-likeness (QED) is 0.145. The van der Waals surface area contributed by atoms with Crippen molar-refractivity contribution in [2.24, 2.45) is 23.7 Å². The molecule has 10 atom stereocenters. The minimum Gasteiger partial charge on any atom is -0.497 e. The monoisotopic (exact) mass is 682 g/mol. The zero-order chi connectivity index (χ0) is 32.8.